The molecule has 0 aromatic heterocycles. The number of Topliss-reactive ketones (excluding diaryl/α,β-unsaturated/α-hetero) is 1. The molecule has 0 bridgehead atoms. The van der Waals surface area contributed by atoms with E-state index in [2.05, 4.69) is 6.07 Å². The zero-order valence-electron chi connectivity index (χ0n) is 10.4. The normalized spacial score (nSPS) is 9.63. The number of nitriles is 1. The van der Waals surface area contributed by atoms with E-state index in [1.54, 1.807) is 24.3 Å². The van der Waals surface area contributed by atoms with E-state index in [-0.39, 0.29) is 12.4 Å². The molecule has 2 rings (SSSR count). The second-order valence-electron chi connectivity index (χ2n) is 4.06. The van der Waals surface area contributed by atoms with Gasteiger partial charge in [0.2, 0.25) is 0 Å². The lowest BCUT2D eigenvalue weighted by Gasteiger charge is -2.06. The van der Waals surface area contributed by atoms with Crippen molar-refractivity contribution < 1.29 is 9.53 Å². The van der Waals surface area contributed by atoms with Gasteiger partial charge < -0.3 is 4.74 Å². The standard InChI is InChI=1S/C16H13NO2/c17-11-10-13-6-8-15(9-7-13)19-12-16(18)14-4-2-1-3-5-14/h1-9H,10,12H2. The number of hydrogen-bond acceptors (Lipinski definition) is 3. The van der Waals surface area contributed by atoms with Crippen LogP contribution in [0.5, 0.6) is 5.75 Å². The second kappa shape index (κ2) is 6.36. The van der Waals surface area contributed by atoms with E-state index >= 15 is 0 Å². The Labute approximate surface area is 112 Å². The van der Waals surface area contributed by atoms with Gasteiger partial charge in [-0.2, -0.15) is 5.26 Å². The van der Waals surface area contributed by atoms with Crippen LogP contribution in [0.4, 0.5) is 0 Å². The maximum atomic E-state index is 11.8. The number of ketones is 1. The second-order valence-corrected chi connectivity index (χ2v) is 4.06. The Morgan fingerprint density at radius 1 is 1.05 bits per heavy atom. The van der Waals surface area contributed by atoms with Gasteiger partial charge in [-0.1, -0.05) is 42.5 Å². The van der Waals surface area contributed by atoms with Crippen LogP contribution in [0.1, 0.15) is 15.9 Å². The molecule has 3 nitrogen and oxygen atoms in total. The van der Waals surface area contributed by atoms with Gasteiger partial charge in [0.25, 0.3) is 0 Å². The highest BCUT2D eigenvalue weighted by Gasteiger charge is 2.05. The van der Waals surface area contributed by atoms with Crippen LogP contribution in [0.2, 0.25) is 0 Å². The fraction of sp³-hybridized carbons (Fsp3) is 0.125. The van der Waals surface area contributed by atoms with Gasteiger partial charge in [0.1, 0.15) is 5.75 Å². The molecule has 0 N–H and O–H groups in total. The third kappa shape index (κ3) is 3.68. The van der Waals surface area contributed by atoms with E-state index in [9.17, 15) is 4.79 Å². The lowest BCUT2D eigenvalue weighted by molar-refractivity contribution is 0.0921. The molecule has 0 atom stereocenters. The Bertz CT molecular complexity index is 582. The molecule has 0 saturated carbocycles. The highest BCUT2D eigenvalue weighted by atomic mass is 16.5. The van der Waals surface area contributed by atoms with Crippen LogP contribution >= 0.6 is 0 Å². The topological polar surface area (TPSA) is 50.1 Å². The molecule has 0 saturated heterocycles. The zero-order chi connectivity index (χ0) is 13.5. The lowest BCUT2D eigenvalue weighted by Crippen LogP contribution is -2.11. The largest absolute Gasteiger partial charge is 0.485 e. The Balaban J connectivity index is 1.92. The number of carbonyl (C=O) groups is 1. The van der Waals surface area contributed by atoms with Crippen molar-refractivity contribution in [1.29, 1.82) is 5.26 Å². The summed E-state index contributed by atoms with van der Waals surface area (Å²) in [6, 6.07) is 18.3. The Kier molecular flexibility index (Phi) is 4.30. The third-order valence-corrected chi connectivity index (χ3v) is 2.67. The molecule has 0 aliphatic carbocycles. The van der Waals surface area contributed by atoms with E-state index < -0.39 is 0 Å². The Morgan fingerprint density at radius 2 is 1.74 bits per heavy atom. The molecule has 2 aromatic carbocycles. The summed E-state index contributed by atoms with van der Waals surface area (Å²) in [5, 5.41) is 8.57. The van der Waals surface area contributed by atoms with Crippen molar-refractivity contribution in [1.82, 2.24) is 0 Å². The summed E-state index contributed by atoms with van der Waals surface area (Å²) in [5.41, 5.74) is 1.58. The number of hydrogen-bond donors (Lipinski definition) is 0. The molecular formula is C16H13NO2. The van der Waals surface area contributed by atoms with Gasteiger partial charge in [-0.15, -0.1) is 0 Å². The van der Waals surface area contributed by atoms with Gasteiger partial charge in [0, 0.05) is 5.56 Å². The van der Waals surface area contributed by atoms with Crippen LogP contribution in [-0.2, 0) is 6.42 Å². The van der Waals surface area contributed by atoms with Crippen molar-refractivity contribution in [2.75, 3.05) is 6.61 Å². The first-order valence-corrected chi connectivity index (χ1v) is 5.96. The fourth-order valence-corrected chi connectivity index (χ4v) is 1.65. The summed E-state index contributed by atoms with van der Waals surface area (Å²) in [5.74, 6) is 0.577. The van der Waals surface area contributed by atoms with Gasteiger partial charge in [-0.3, -0.25) is 4.79 Å². The summed E-state index contributed by atoms with van der Waals surface area (Å²) >= 11 is 0. The van der Waals surface area contributed by atoms with Crippen molar-refractivity contribution in [3.05, 3.63) is 65.7 Å². The van der Waals surface area contributed by atoms with E-state index in [0.717, 1.165) is 5.56 Å². The Hall–Kier alpha value is -2.60. The maximum Gasteiger partial charge on any atom is 0.200 e. The first-order chi connectivity index (χ1) is 9.29. The molecule has 0 heterocycles. The highest BCUT2D eigenvalue weighted by Crippen LogP contribution is 2.13. The summed E-state index contributed by atoms with van der Waals surface area (Å²) in [4.78, 5) is 11.8. The van der Waals surface area contributed by atoms with E-state index in [1.165, 1.54) is 0 Å². The summed E-state index contributed by atoms with van der Waals surface area (Å²) in [6.45, 7) is 0.0155. The smallest absolute Gasteiger partial charge is 0.200 e. The molecule has 0 spiro atoms. The molecule has 3 heteroatoms. The fourth-order valence-electron chi connectivity index (χ4n) is 1.65. The predicted octanol–water partition coefficient (Wildman–Crippen LogP) is 3.01. The first-order valence-electron chi connectivity index (χ1n) is 5.96. The number of rotatable bonds is 5. The van der Waals surface area contributed by atoms with Crippen molar-refractivity contribution >= 4 is 5.78 Å². The number of carbonyl (C=O) groups excluding carboxylic acids is 1. The lowest BCUT2D eigenvalue weighted by atomic mass is 10.1. The van der Waals surface area contributed by atoms with Gasteiger partial charge in [0.05, 0.1) is 12.5 Å². The minimum absolute atomic E-state index is 0.0155. The molecule has 0 fully saturated rings. The van der Waals surface area contributed by atoms with Crippen LogP contribution in [0.3, 0.4) is 0 Å². The summed E-state index contributed by atoms with van der Waals surface area (Å²) in [6.07, 6.45) is 0.378. The molecule has 0 unspecified atom stereocenters. The van der Waals surface area contributed by atoms with Crippen LogP contribution in [-0.4, -0.2) is 12.4 Å². The SMILES string of the molecule is N#CCc1ccc(OCC(=O)c2ccccc2)cc1. The van der Waals surface area contributed by atoms with Crippen LogP contribution in [0.15, 0.2) is 54.6 Å². The molecule has 19 heavy (non-hydrogen) atoms. The van der Waals surface area contributed by atoms with Crippen LogP contribution in [0, 0.1) is 11.3 Å². The van der Waals surface area contributed by atoms with Crippen LogP contribution in [0.25, 0.3) is 0 Å². The summed E-state index contributed by atoms with van der Waals surface area (Å²) in [7, 11) is 0. The molecule has 2 aromatic rings. The van der Waals surface area contributed by atoms with E-state index in [4.69, 9.17) is 10.00 Å². The van der Waals surface area contributed by atoms with E-state index in [1.807, 2.05) is 30.3 Å². The average molecular weight is 251 g/mol. The molecule has 0 aliphatic heterocycles. The van der Waals surface area contributed by atoms with Crippen molar-refractivity contribution in [2.24, 2.45) is 0 Å². The zero-order valence-corrected chi connectivity index (χ0v) is 10.4. The molecule has 0 aliphatic rings. The maximum absolute atomic E-state index is 11.8. The highest BCUT2D eigenvalue weighted by molar-refractivity contribution is 5.97. The van der Waals surface area contributed by atoms with Crippen molar-refractivity contribution in [2.45, 2.75) is 6.42 Å². The third-order valence-electron chi connectivity index (χ3n) is 2.67. The minimum Gasteiger partial charge on any atom is -0.485 e. The predicted molar refractivity (Wildman–Crippen MR) is 72.0 cm³/mol. The molecular weight excluding hydrogens is 238 g/mol. The molecule has 0 radical (unpaired) electrons. The quantitative estimate of drug-likeness (QED) is 0.767. The average Bonchev–Trinajstić information content (AvgIpc) is 2.47. The number of nitrogens with zero attached hydrogens (tertiary/aromatic N) is 1. The summed E-state index contributed by atoms with van der Waals surface area (Å²) < 4.78 is 5.42. The van der Waals surface area contributed by atoms with E-state index in [0.29, 0.717) is 17.7 Å². The minimum atomic E-state index is -0.0540. The van der Waals surface area contributed by atoms with Gasteiger partial charge >= 0.3 is 0 Å². The number of benzene rings is 2. The van der Waals surface area contributed by atoms with Gasteiger partial charge in [0.15, 0.2) is 12.4 Å². The molecule has 94 valence electrons. The van der Waals surface area contributed by atoms with Crippen molar-refractivity contribution in [3.63, 3.8) is 0 Å². The molecule has 0 amide bonds. The van der Waals surface area contributed by atoms with Gasteiger partial charge in [-0.05, 0) is 17.7 Å². The van der Waals surface area contributed by atoms with Gasteiger partial charge in [-0.25, -0.2) is 0 Å². The van der Waals surface area contributed by atoms with Crippen LogP contribution < -0.4 is 4.74 Å². The Morgan fingerprint density at radius 3 is 2.37 bits per heavy atom. The number of ether oxygens (including phenoxy) is 1. The monoisotopic (exact) mass is 251 g/mol. The first kappa shape index (κ1) is 12.8. The van der Waals surface area contributed by atoms with Crippen molar-refractivity contribution in [3.8, 4) is 11.8 Å².